The van der Waals surface area contributed by atoms with Crippen molar-refractivity contribution in [2.45, 2.75) is 84.5 Å². The summed E-state index contributed by atoms with van der Waals surface area (Å²) in [7, 11) is 0. The molecule has 1 heterocycles. The molecule has 1 N–H and O–H groups in total. The van der Waals surface area contributed by atoms with Crippen molar-refractivity contribution in [1.82, 2.24) is 5.32 Å². The third kappa shape index (κ3) is 5.40. The lowest BCUT2D eigenvalue weighted by Crippen LogP contribution is -2.50. The van der Waals surface area contributed by atoms with Gasteiger partial charge in [-0.05, 0) is 72.1 Å². The zero-order valence-corrected chi connectivity index (χ0v) is 18.5. The third-order valence-electron chi connectivity index (χ3n) is 5.19. The molecule has 2 amide bonds. The van der Waals surface area contributed by atoms with Gasteiger partial charge in [0.15, 0.2) is 0 Å². The van der Waals surface area contributed by atoms with Crippen molar-refractivity contribution in [3.8, 4) is 0 Å². The molecule has 0 fully saturated rings. The molecule has 6 nitrogen and oxygen atoms in total. The highest BCUT2D eigenvalue weighted by Crippen LogP contribution is 2.44. The van der Waals surface area contributed by atoms with Crippen LogP contribution < -0.4 is 10.2 Å². The largest absolute Gasteiger partial charge is 0.444 e. The van der Waals surface area contributed by atoms with Crippen molar-refractivity contribution >= 4 is 17.9 Å². The van der Waals surface area contributed by atoms with E-state index in [2.05, 4.69) is 5.32 Å². The minimum Gasteiger partial charge on any atom is -0.444 e. The fourth-order valence-corrected chi connectivity index (χ4v) is 3.50. The fourth-order valence-electron chi connectivity index (χ4n) is 3.50. The van der Waals surface area contributed by atoms with Gasteiger partial charge in [-0.2, -0.15) is 0 Å². The second-order valence-electron chi connectivity index (χ2n) is 9.14. The summed E-state index contributed by atoms with van der Waals surface area (Å²) >= 11 is 0. The van der Waals surface area contributed by atoms with Crippen LogP contribution in [0.1, 0.15) is 73.3 Å². The van der Waals surface area contributed by atoms with Crippen LogP contribution in [0.2, 0.25) is 0 Å². The minimum absolute atomic E-state index is 0.309. The Bertz CT molecular complexity index is 767. The first kappa shape index (κ1) is 23.0. The Labute approximate surface area is 172 Å². The van der Waals surface area contributed by atoms with Crippen LogP contribution in [-0.4, -0.2) is 29.9 Å². The van der Waals surface area contributed by atoms with Gasteiger partial charge in [-0.25, -0.2) is 14.0 Å². The Morgan fingerprint density at radius 2 is 1.83 bits per heavy atom. The predicted molar refractivity (Wildman–Crippen MR) is 111 cm³/mol. The molecule has 0 radical (unpaired) electrons. The first-order valence-corrected chi connectivity index (χ1v) is 10.1. The van der Waals surface area contributed by atoms with Crippen molar-refractivity contribution in [2.75, 3.05) is 11.4 Å². The minimum atomic E-state index is -0.824. The second kappa shape index (κ2) is 8.20. The summed E-state index contributed by atoms with van der Waals surface area (Å²) in [6, 6.07) is 4.43. The standard InChI is InChI=1S/C22H33FN2O4/c1-8-22(9-2)16-14-15(23)10-11-17(16)25(19(27)29-22)13-12-21(6,7)24-18(26)28-20(3,4)5/h10-11,14H,8-9,12-13H2,1-7H3,(H,24,26). The summed E-state index contributed by atoms with van der Waals surface area (Å²) in [5.74, 6) is -0.361. The lowest BCUT2D eigenvalue weighted by atomic mass is 9.85. The van der Waals surface area contributed by atoms with Gasteiger partial charge in [-0.15, -0.1) is 0 Å². The summed E-state index contributed by atoms with van der Waals surface area (Å²) in [5, 5.41) is 2.84. The van der Waals surface area contributed by atoms with Gasteiger partial charge in [-0.3, -0.25) is 4.90 Å². The number of amides is 2. The molecule has 1 aliphatic heterocycles. The van der Waals surface area contributed by atoms with E-state index in [-0.39, 0.29) is 5.82 Å². The van der Waals surface area contributed by atoms with Crippen molar-refractivity contribution in [3.63, 3.8) is 0 Å². The molecule has 0 bridgehead atoms. The van der Waals surface area contributed by atoms with Crippen LogP contribution in [0.5, 0.6) is 0 Å². The molecule has 1 aromatic carbocycles. The fraction of sp³-hybridized carbons (Fsp3) is 0.636. The number of anilines is 1. The average molecular weight is 409 g/mol. The number of carbonyl (C=O) groups is 2. The summed E-state index contributed by atoms with van der Waals surface area (Å²) in [6.07, 6.45) is 0.614. The number of cyclic esters (lactones) is 1. The van der Waals surface area contributed by atoms with Crippen LogP contribution >= 0.6 is 0 Å². The molecule has 162 valence electrons. The smallest absolute Gasteiger partial charge is 0.415 e. The van der Waals surface area contributed by atoms with Crippen LogP contribution in [0.25, 0.3) is 0 Å². The predicted octanol–water partition coefficient (Wildman–Crippen LogP) is 5.49. The number of benzene rings is 1. The second-order valence-corrected chi connectivity index (χ2v) is 9.14. The highest BCUT2D eigenvalue weighted by Gasteiger charge is 2.43. The number of hydrogen-bond donors (Lipinski definition) is 1. The Balaban J connectivity index is 2.20. The van der Waals surface area contributed by atoms with E-state index in [1.807, 2.05) is 27.7 Å². The number of ether oxygens (including phenoxy) is 2. The highest BCUT2D eigenvalue weighted by atomic mass is 19.1. The number of nitrogens with one attached hydrogen (secondary N) is 1. The molecular formula is C22H33FN2O4. The Morgan fingerprint density at radius 1 is 1.21 bits per heavy atom. The lowest BCUT2D eigenvalue weighted by molar-refractivity contribution is -0.00155. The summed E-state index contributed by atoms with van der Waals surface area (Å²) < 4.78 is 25.1. The molecule has 1 aliphatic rings. The lowest BCUT2D eigenvalue weighted by Gasteiger charge is -2.42. The van der Waals surface area contributed by atoms with Gasteiger partial charge in [0.2, 0.25) is 0 Å². The van der Waals surface area contributed by atoms with Crippen LogP contribution in [0.15, 0.2) is 18.2 Å². The highest BCUT2D eigenvalue weighted by molar-refractivity contribution is 5.91. The third-order valence-corrected chi connectivity index (χ3v) is 5.19. The zero-order chi connectivity index (χ0) is 22.0. The quantitative estimate of drug-likeness (QED) is 0.676. The molecule has 29 heavy (non-hydrogen) atoms. The Hall–Kier alpha value is -2.31. The molecule has 2 rings (SSSR count). The molecule has 0 spiro atoms. The number of fused-ring (bicyclic) bond motifs is 1. The summed E-state index contributed by atoms with van der Waals surface area (Å²) in [4.78, 5) is 26.4. The van der Waals surface area contributed by atoms with Gasteiger partial charge in [0.25, 0.3) is 0 Å². The van der Waals surface area contributed by atoms with Crippen molar-refractivity contribution in [1.29, 1.82) is 0 Å². The molecule has 0 saturated carbocycles. The molecule has 0 atom stereocenters. The molecule has 1 aromatic rings. The van der Waals surface area contributed by atoms with E-state index in [9.17, 15) is 14.0 Å². The van der Waals surface area contributed by atoms with Crippen molar-refractivity contribution < 1.29 is 23.5 Å². The maximum atomic E-state index is 14.0. The van der Waals surface area contributed by atoms with E-state index in [0.717, 1.165) is 0 Å². The number of halogens is 1. The summed E-state index contributed by atoms with van der Waals surface area (Å²) in [6.45, 7) is 13.3. The van der Waals surface area contributed by atoms with E-state index in [4.69, 9.17) is 9.47 Å². The molecule has 0 unspecified atom stereocenters. The normalized spacial score (nSPS) is 16.1. The van der Waals surface area contributed by atoms with Gasteiger partial charge in [0.1, 0.15) is 17.0 Å². The maximum Gasteiger partial charge on any atom is 0.415 e. The Kier molecular flexibility index (Phi) is 6.50. The molecule has 7 heteroatoms. The van der Waals surface area contributed by atoms with Crippen LogP contribution in [0.3, 0.4) is 0 Å². The first-order valence-electron chi connectivity index (χ1n) is 10.1. The zero-order valence-electron chi connectivity index (χ0n) is 18.5. The van der Waals surface area contributed by atoms with Crippen molar-refractivity contribution in [3.05, 3.63) is 29.6 Å². The maximum absolute atomic E-state index is 14.0. The average Bonchev–Trinajstić information content (AvgIpc) is 2.58. The number of alkyl carbamates (subject to hydrolysis) is 1. The molecule has 0 aromatic heterocycles. The van der Waals surface area contributed by atoms with E-state index in [1.165, 1.54) is 17.0 Å². The van der Waals surface area contributed by atoms with E-state index in [0.29, 0.717) is 37.1 Å². The number of hydrogen-bond acceptors (Lipinski definition) is 4. The monoisotopic (exact) mass is 408 g/mol. The van der Waals surface area contributed by atoms with Gasteiger partial charge < -0.3 is 14.8 Å². The topological polar surface area (TPSA) is 67.9 Å². The molecule has 0 aliphatic carbocycles. The van der Waals surface area contributed by atoms with E-state index < -0.39 is 28.9 Å². The van der Waals surface area contributed by atoms with Crippen LogP contribution in [0.4, 0.5) is 19.7 Å². The Morgan fingerprint density at radius 3 is 2.38 bits per heavy atom. The van der Waals surface area contributed by atoms with Gasteiger partial charge >= 0.3 is 12.2 Å². The van der Waals surface area contributed by atoms with Gasteiger partial charge in [0.05, 0.1) is 5.69 Å². The summed E-state index contributed by atoms with van der Waals surface area (Å²) in [5.41, 5.74) is -0.703. The SMILES string of the molecule is CCC1(CC)OC(=O)N(CCC(C)(C)NC(=O)OC(C)(C)C)c2ccc(F)cc21. The van der Waals surface area contributed by atoms with Crippen molar-refractivity contribution in [2.24, 2.45) is 0 Å². The number of carbonyl (C=O) groups excluding carboxylic acids is 2. The van der Waals surface area contributed by atoms with Gasteiger partial charge in [0, 0.05) is 17.6 Å². The molecular weight excluding hydrogens is 375 g/mol. The number of nitrogens with zero attached hydrogens (tertiary/aromatic N) is 1. The first-order chi connectivity index (χ1) is 13.3. The van der Waals surface area contributed by atoms with Crippen LogP contribution in [-0.2, 0) is 15.1 Å². The van der Waals surface area contributed by atoms with Crippen LogP contribution in [0, 0.1) is 5.82 Å². The van der Waals surface area contributed by atoms with E-state index in [1.54, 1.807) is 26.8 Å². The van der Waals surface area contributed by atoms with Gasteiger partial charge in [-0.1, -0.05) is 13.8 Å². The molecule has 0 saturated heterocycles. The number of rotatable bonds is 6. The van der Waals surface area contributed by atoms with E-state index >= 15 is 0 Å².